The molecule has 0 aliphatic carbocycles. The summed E-state index contributed by atoms with van der Waals surface area (Å²) in [5, 5.41) is 9.10. The molecule has 1 fully saturated rings. The smallest absolute Gasteiger partial charge is 0.296 e. The van der Waals surface area contributed by atoms with Crippen molar-refractivity contribution in [3.63, 3.8) is 0 Å². The van der Waals surface area contributed by atoms with Gasteiger partial charge in [0.1, 0.15) is 11.3 Å². The number of hydrogen-bond donors (Lipinski definition) is 1. The fourth-order valence-corrected chi connectivity index (χ4v) is 5.18. The Balaban J connectivity index is 1.50. The number of nitrogens with one attached hydrogen (secondary N) is 1. The highest BCUT2D eigenvalue weighted by molar-refractivity contribution is 6.16. The minimum absolute atomic E-state index is 0.256. The van der Waals surface area contributed by atoms with E-state index in [0.717, 1.165) is 37.0 Å². The van der Waals surface area contributed by atoms with Crippen LogP contribution >= 0.6 is 0 Å². The maximum atomic E-state index is 13.6. The summed E-state index contributed by atoms with van der Waals surface area (Å²) >= 11 is 0. The predicted octanol–water partition coefficient (Wildman–Crippen LogP) is 3.88. The highest BCUT2D eigenvalue weighted by Gasteiger charge is 2.23. The number of amides is 1. The third-order valence-corrected chi connectivity index (χ3v) is 7.11. The molecule has 1 saturated heterocycles. The number of aromatic nitrogens is 3. The lowest BCUT2D eigenvalue weighted by atomic mass is 10.1. The van der Waals surface area contributed by atoms with Gasteiger partial charge in [0.25, 0.3) is 11.5 Å². The highest BCUT2D eigenvalue weighted by Crippen LogP contribution is 2.28. The average Bonchev–Trinajstić information content (AvgIpc) is 3.04. The van der Waals surface area contributed by atoms with Crippen molar-refractivity contribution >= 4 is 27.7 Å². The van der Waals surface area contributed by atoms with E-state index >= 15 is 0 Å². The normalized spacial score (nSPS) is 14.7. The molecule has 0 bridgehead atoms. The molecule has 0 atom stereocenters. The monoisotopic (exact) mass is 487 g/mol. The van der Waals surface area contributed by atoms with Crippen LogP contribution in [0.5, 0.6) is 5.75 Å². The lowest BCUT2D eigenvalue weighted by molar-refractivity contribution is 0.0947. The Kier molecular flexibility index (Phi) is 7.04. The van der Waals surface area contributed by atoms with Gasteiger partial charge in [0.15, 0.2) is 5.69 Å². The van der Waals surface area contributed by atoms with E-state index in [1.807, 2.05) is 35.9 Å². The SMILES string of the molecule is COc1ccc(-n2nc(C(=O)NCCCN3CCCCCC3)c3c4ccccc4n(C)c3c2=O)cc1. The Morgan fingerprint density at radius 3 is 2.47 bits per heavy atom. The fraction of sp³-hybridized carbons (Fsp3) is 0.393. The second-order valence-electron chi connectivity index (χ2n) is 9.43. The number of rotatable bonds is 7. The first kappa shape index (κ1) is 24.1. The number of nitrogens with zero attached hydrogens (tertiary/aromatic N) is 4. The van der Waals surface area contributed by atoms with Crippen LogP contribution in [0.15, 0.2) is 53.3 Å². The van der Waals surface area contributed by atoms with Gasteiger partial charge in [-0.3, -0.25) is 9.59 Å². The van der Waals surface area contributed by atoms with Gasteiger partial charge in [-0.15, -0.1) is 0 Å². The van der Waals surface area contributed by atoms with Crippen molar-refractivity contribution in [1.82, 2.24) is 24.6 Å². The first-order valence-corrected chi connectivity index (χ1v) is 12.7. The van der Waals surface area contributed by atoms with Gasteiger partial charge < -0.3 is 19.5 Å². The highest BCUT2D eigenvalue weighted by atomic mass is 16.5. The number of benzene rings is 2. The number of hydrogen-bond acceptors (Lipinski definition) is 5. The molecule has 1 amide bonds. The molecule has 0 unspecified atom stereocenters. The topological polar surface area (TPSA) is 81.4 Å². The second kappa shape index (κ2) is 10.5. The summed E-state index contributed by atoms with van der Waals surface area (Å²) in [5.41, 5.74) is 1.90. The van der Waals surface area contributed by atoms with Crippen LogP contribution in [0.2, 0.25) is 0 Å². The van der Waals surface area contributed by atoms with E-state index in [1.165, 1.54) is 30.4 Å². The zero-order valence-corrected chi connectivity index (χ0v) is 21.0. The standard InChI is InChI=1S/C28H33N5O3/c1-31-23-11-6-5-10-22(23)24-25(27(34)29-16-9-19-32-17-7-3-4-8-18-32)30-33(28(35)26(24)31)20-12-14-21(36-2)15-13-20/h5-6,10-15H,3-4,7-9,16-19H2,1-2H3,(H,29,34). The van der Waals surface area contributed by atoms with Crippen molar-refractivity contribution in [3.05, 3.63) is 64.6 Å². The van der Waals surface area contributed by atoms with Crippen LogP contribution in [0.3, 0.4) is 0 Å². The number of para-hydroxylation sites is 1. The van der Waals surface area contributed by atoms with Crippen molar-refractivity contribution in [3.8, 4) is 11.4 Å². The van der Waals surface area contributed by atoms with Crippen molar-refractivity contribution < 1.29 is 9.53 Å². The molecule has 8 nitrogen and oxygen atoms in total. The summed E-state index contributed by atoms with van der Waals surface area (Å²) in [4.78, 5) is 29.6. The van der Waals surface area contributed by atoms with Crippen LogP contribution < -0.4 is 15.6 Å². The molecule has 5 rings (SSSR count). The number of carbonyl (C=O) groups excluding carboxylic acids is 1. The zero-order chi connectivity index (χ0) is 25.1. The molecule has 0 spiro atoms. The quantitative estimate of drug-likeness (QED) is 0.400. The number of carbonyl (C=O) groups is 1. The van der Waals surface area contributed by atoms with E-state index in [4.69, 9.17) is 4.74 Å². The van der Waals surface area contributed by atoms with Crippen molar-refractivity contribution in [2.45, 2.75) is 32.1 Å². The molecule has 3 heterocycles. The van der Waals surface area contributed by atoms with Crippen LogP contribution in [0.4, 0.5) is 0 Å². The number of methoxy groups -OCH3 is 1. The zero-order valence-electron chi connectivity index (χ0n) is 21.0. The Hall–Kier alpha value is -3.65. The second-order valence-corrected chi connectivity index (χ2v) is 9.43. The van der Waals surface area contributed by atoms with E-state index in [2.05, 4.69) is 15.3 Å². The van der Waals surface area contributed by atoms with Gasteiger partial charge >= 0.3 is 0 Å². The maximum absolute atomic E-state index is 13.6. The van der Waals surface area contributed by atoms with Gasteiger partial charge in [-0.25, -0.2) is 0 Å². The van der Waals surface area contributed by atoms with Gasteiger partial charge in [0.05, 0.1) is 12.8 Å². The van der Waals surface area contributed by atoms with E-state index in [0.29, 0.717) is 28.9 Å². The molecule has 1 aliphatic heterocycles. The van der Waals surface area contributed by atoms with E-state index in [1.54, 1.807) is 31.4 Å². The lowest BCUT2D eigenvalue weighted by Gasteiger charge is -2.19. The van der Waals surface area contributed by atoms with Crippen LogP contribution in [-0.4, -0.2) is 58.4 Å². The van der Waals surface area contributed by atoms with Crippen LogP contribution in [0, 0.1) is 0 Å². The summed E-state index contributed by atoms with van der Waals surface area (Å²) in [7, 11) is 3.45. The number of likely N-dealkylation sites (tertiary alicyclic amines) is 1. The molecular formula is C28H33N5O3. The molecular weight excluding hydrogens is 454 g/mol. The Bertz CT molecular complexity index is 1430. The summed E-state index contributed by atoms with van der Waals surface area (Å²) in [6.07, 6.45) is 6.00. The summed E-state index contributed by atoms with van der Waals surface area (Å²) in [5.74, 6) is 0.411. The number of aryl methyl sites for hydroxylation is 1. The summed E-state index contributed by atoms with van der Waals surface area (Å²) in [6, 6.07) is 14.8. The predicted molar refractivity (Wildman–Crippen MR) is 142 cm³/mol. The maximum Gasteiger partial charge on any atom is 0.296 e. The Morgan fingerprint density at radius 1 is 1.03 bits per heavy atom. The molecule has 4 aromatic rings. The van der Waals surface area contributed by atoms with Gasteiger partial charge in [-0.2, -0.15) is 9.78 Å². The Labute approximate surface area is 210 Å². The van der Waals surface area contributed by atoms with Crippen LogP contribution in [0.1, 0.15) is 42.6 Å². The minimum atomic E-state index is -0.272. The number of fused-ring (bicyclic) bond motifs is 3. The lowest BCUT2D eigenvalue weighted by Crippen LogP contribution is -2.33. The molecule has 0 saturated carbocycles. The van der Waals surface area contributed by atoms with E-state index in [-0.39, 0.29) is 17.2 Å². The third kappa shape index (κ3) is 4.60. The van der Waals surface area contributed by atoms with Crippen molar-refractivity contribution in [2.24, 2.45) is 7.05 Å². The summed E-state index contributed by atoms with van der Waals surface area (Å²) in [6.45, 7) is 3.81. The molecule has 8 heteroatoms. The number of ether oxygens (including phenoxy) is 1. The van der Waals surface area contributed by atoms with E-state index < -0.39 is 0 Å². The van der Waals surface area contributed by atoms with Crippen LogP contribution in [0.25, 0.3) is 27.5 Å². The van der Waals surface area contributed by atoms with Gasteiger partial charge in [-0.05, 0) is 69.2 Å². The van der Waals surface area contributed by atoms with Crippen molar-refractivity contribution in [1.29, 1.82) is 0 Å². The summed E-state index contributed by atoms with van der Waals surface area (Å²) < 4.78 is 8.42. The molecule has 188 valence electrons. The van der Waals surface area contributed by atoms with Crippen molar-refractivity contribution in [2.75, 3.05) is 33.3 Å². The molecule has 2 aromatic carbocycles. The first-order valence-electron chi connectivity index (χ1n) is 12.7. The largest absolute Gasteiger partial charge is 0.497 e. The first-order chi connectivity index (χ1) is 17.6. The Morgan fingerprint density at radius 2 is 1.75 bits per heavy atom. The third-order valence-electron chi connectivity index (χ3n) is 7.11. The molecule has 36 heavy (non-hydrogen) atoms. The minimum Gasteiger partial charge on any atom is -0.497 e. The van der Waals surface area contributed by atoms with Crippen LogP contribution in [-0.2, 0) is 7.05 Å². The van der Waals surface area contributed by atoms with Gasteiger partial charge in [-0.1, -0.05) is 31.0 Å². The molecule has 2 aromatic heterocycles. The van der Waals surface area contributed by atoms with Gasteiger partial charge in [0.2, 0.25) is 0 Å². The van der Waals surface area contributed by atoms with Gasteiger partial charge in [0, 0.05) is 29.9 Å². The molecule has 0 radical (unpaired) electrons. The van der Waals surface area contributed by atoms with E-state index in [9.17, 15) is 9.59 Å². The fourth-order valence-electron chi connectivity index (χ4n) is 5.18. The molecule has 1 N–H and O–H groups in total. The molecule has 1 aliphatic rings. The average molecular weight is 488 g/mol.